The fourth-order valence-electron chi connectivity index (χ4n) is 1.66. The molecular weight excluding hydrogens is 176 g/mol. The maximum atomic E-state index is 10.6. The summed E-state index contributed by atoms with van der Waals surface area (Å²) in [6.45, 7) is 2.07. The van der Waals surface area contributed by atoms with Crippen molar-refractivity contribution in [1.82, 2.24) is 9.55 Å². The van der Waals surface area contributed by atoms with Gasteiger partial charge in [0, 0.05) is 19.0 Å². The lowest BCUT2D eigenvalue weighted by atomic mass is 10.2. The van der Waals surface area contributed by atoms with Crippen LogP contribution in [-0.4, -0.2) is 15.8 Å². The summed E-state index contributed by atoms with van der Waals surface area (Å²) >= 11 is 0. The number of benzene rings is 1. The fraction of sp³-hybridized carbons (Fsp3) is 0.273. The monoisotopic (exact) mass is 188 g/mol. The van der Waals surface area contributed by atoms with E-state index in [9.17, 15) is 4.79 Å². The SMILES string of the molecule is CCc1nc2cc(C=O)ccc2n1C. The maximum Gasteiger partial charge on any atom is 0.150 e. The summed E-state index contributed by atoms with van der Waals surface area (Å²) in [5, 5.41) is 0. The van der Waals surface area contributed by atoms with E-state index in [0.29, 0.717) is 5.56 Å². The van der Waals surface area contributed by atoms with E-state index in [4.69, 9.17) is 0 Å². The third-order valence-electron chi connectivity index (χ3n) is 2.45. The van der Waals surface area contributed by atoms with Gasteiger partial charge in [0.25, 0.3) is 0 Å². The van der Waals surface area contributed by atoms with E-state index in [0.717, 1.165) is 29.6 Å². The Bertz CT molecular complexity index is 485. The van der Waals surface area contributed by atoms with Crippen molar-refractivity contribution in [3.8, 4) is 0 Å². The Morgan fingerprint density at radius 2 is 2.29 bits per heavy atom. The van der Waals surface area contributed by atoms with E-state index in [-0.39, 0.29) is 0 Å². The molecule has 0 radical (unpaired) electrons. The Labute approximate surface area is 82.4 Å². The summed E-state index contributed by atoms with van der Waals surface area (Å²) in [6, 6.07) is 5.57. The average molecular weight is 188 g/mol. The molecule has 72 valence electrons. The van der Waals surface area contributed by atoms with Gasteiger partial charge in [-0.15, -0.1) is 0 Å². The van der Waals surface area contributed by atoms with Crippen LogP contribution in [0.2, 0.25) is 0 Å². The third-order valence-corrected chi connectivity index (χ3v) is 2.45. The standard InChI is InChI=1S/C11H12N2O/c1-3-11-12-9-6-8(7-14)4-5-10(9)13(11)2/h4-7H,3H2,1-2H3. The summed E-state index contributed by atoms with van der Waals surface area (Å²) in [5.74, 6) is 1.04. The molecule has 2 rings (SSSR count). The molecule has 0 fully saturated rings. The van der Waals surface area contributed by atoms with Crippen molar-refractivity contribution in [2.45, 2.75) is 13.3 Å². The molecule has 0 amide bonds. The molecule has 3 nitrogen and oxygen atoms in total. The van der Waals surface area contributed by atoms with Gasteiger partial charge >= 0.3 is 0 Å². The van der Waals surface area contributed by atoms with Crippen LogP contribution in [0.4, 0.5) is 0 Å². The molecule has 0 atom stereocenters. The summed E-state index contributed by atoms with van der Waals surface area (Å²) in [4.78, 5) is 15.0. The van der Waals surface area contributed by atoms with Gasteiger partial charge in [0.2, 0.25) is 0 Å². The summed E-state index contributed by atoms with van der Waals surface area (Å²) in [7, 11) is 1.99. The van der Waals surface area contributed by atoms with E-state index in [1.54, 1.807) is 0 Å². The van der Waals surface area contributed by atoms with Gasteiger partial charge in [-0.25, -0.2) is 4.98 Å². The number of aryl methyl sites for hydroxylation is 2. The zero-order valence-electron chi connectivity index (χ0n) is 8.32. The summed E-state index contributed by atoms with van der Waals surface area (Å²) in [6.07, 6.45) is 1.75. The Kier molecular flexibility index (Phi) is 2.08. The molecule has 0 aliphatic rings. The van der Waals surface area contributed by atoms with Crippen LogP contribution in [-0.2, 0) is 13.5 Å². The normalized spacial score (nSPS) is 10.7. The average Bonchev–Trinajstić information content (AvgIpc) is 2.55. The zero-order valence-corrected chi connectivity index (χ0v) is 8.32. The minimum absolute atomic E-state index is 0.679. The van der Waals surface area contributed by atoms with Crippen LogP contribution in [0.5, 0.6) is 0 Å². The van der Waals surface area contributed by atoms with E-state index in [1.165, 1.54) is 0 Å². The number of hydrogen-bond acceptors (Lipinski definition) is 2. The number of nitrogens with zero attached hydrogens (tertiary/aromatic N) is 2. The third kappa shape index (κ3) is 1.21. The number of rotatable bonds is 2. The molecule has 14 heavy (non-hydrogen) atoms. The number of hydrogen-bond donors (Lipinski definition) is 0. The Morgan fingerprint density at radius 3 is 2.93 bits per heavy atom. The van der Waals surface area contributed by atoms with Gasteiger partial charge in [0.1, 0.15) is 12.1 Å². The van der Waals surface area contributed by atoms with E-state index >= 15 is 0 Å². The molecule has 0 N–H and O–H groups in total. The second-order valence-electron chi connectivity index (χ2n) is 3.31. The molecule has 1 aromatic heterocycles. The topological polar surface area (TPSA) is 34.9 Å². The maximum absolute atomic E-state index is 10.6. The highest BCUT2D eigenvalue weighted by atomic mass is 16.1. The van der Waals surface area contributed by atoms with Crippen molar-refractivity contribution in [2.24, 2.45) is 7.05 Å². The van der Waals surface area contributed by atoms with Gasteiger partial charge in [-0.2, -0.15) is 0 Å². The fourth-order valence-corrected chi connectivity index (χ4v) is 1.66. The quantitative estimate of drug-likeness (QED) is 0.675. The lowest BCUT2D eigenvalue weighted by molar-refractivity contribution is 0.112. The van der Waals surface area contributed by atoms with Gasteiger partial charge in [-0.1, -0.05) is 6.92 Å². The highest BCUT2D eigenvalue weighted by molar-refractivity contribution is 5.85. The van der Waals surface area contributed by atoms with Gasteiger partial charge in [-0.3, -0.25) is 4.79 Å². The van der Waals surface area contributed by atoms with Crippen LogP contribution in [0.25, 0.3) is 11.0 Å². The molecule has 0 bridgehead atoms. The van der Waals surface area contributed by atoms with Crippen LogP contribution in [0, 0.1) is 0 Å². The largest absolute Gasteiger partial charge is 0.331 e. The van der Waals surface area contributed by atoms with Crippen molar-refractivity contribution in [2.75, 3.05) is 0 Å². The van der Waals surface area contributed by atoms with E-state index in [1.807, 2.05) is 25.2 Å². The second-order valence-corrected chi connectivity index (χ2v) is 3.31. The van der Waals surface area contributed by atoms with Gasteiger partial charge in [0.05, 0.1) is 11.0 Å². The summed E-state index contributed by atoms with van der Waals surface area (Å²) < 4.78 is 2.06. The smallest absolute Gasteiger partial charge is 0.150 e. The number of fused-ring (bicyclic) bond motifs is 1. The molecular formula is C11H12N2O. The van der Waals surface area contributed by atoms with Crippen LogP contribution in [0.3, 0.4) is 0 Å². The van der Waals surface area contributed by atoms with Crippen LogP contribution in [0.15, 0.2) is 18.2 Å². The van der Waals surface area contributed by atoms with Crippen molar-refractivity contribution < 1.29 is 4.79 Å². The first kappa shape index (κ1) is 8.94. The van der Waals surface area contributed by atoms with Crippen LogP contribution in [0.1, 0.15) is 23.1 Å². The highest BCUT2D eigenvalue weighted by Gasteiger charge is 2.05. The first-order valence-electron chi connectivity index (χ1n) is 4.66. The molecule has 0 unspecified atom stereocenters. The van der Waals surface area contributed by atoms with Crippen LogP contribution >= 0.6 is 0 Å². The highest BCUT2D eigenvalue weighted by Crippen LogP contribution is 2.16. The molecule has 1 heterocycles. The molecule has 0 spiro atoms. The molecule has 0 saturated carbocycles. The van der Waals surface area contributed by atoms with Crippen molar-refractivity contribution >= 4 is 17.3 Å². The number of aldehydes is 1. The molecule has 1 aromatic carbocycles. The molecule has 2 aromatic rings. The Balaban J connectivity index is 2.72. The molecule has 0 aliphatic heterocycles. The lowest BCUT2D eigenvalue weighted by Crippen LogP contribution is -1.94. The van der Waals surface area contributed by atoms with Gasteiger partial charge in [0.15, 0.2) is 0 Å². The van der Waals surface area contributed by atoms with Gasteiger partial charge in [-0.05, 0) is 18.2 Å². The Hall–Kier alpha value is -1.64. The molecule has 3 heteroatoms. The predicted octanol–water partition coefficient (Wildman–Crippen LogP) is 1.95. The molecule has 0 saturated heterocycles. The first-order chi connectivity index (χ1) is 6.76. The van der Waals surface area contributed by atoms with Crippen molar-refractivity contribution in [3.63, 3.8) is 0 Å². The van der Waals surface area contributed by atoms with Crippen molar-refractivity contribution in [3.05, 3.63) is 29.6 Å². The zero-order chi connectivity index (χ0) is 10.1. The minimum Gasteiger partial charge on any atom is -0.331 e. The number of carbonyl (C=O) groups excluding carboxylic acids is 1. The minimum atomic E-state index is 0.679. The van der Waals surface area contributed by atoms with E-state index in [2.05, 4.69) is 16.5 Å². The first-order valence-corrected chi connectivity index (χ1v) is 4.66. The summed E-state index contributed by atoms with van der Waals surface area (Å²) in [5.41, 5.74) is 2.65. The Morgan fingerprint density at radius 1 is 1.50 bits per heavy atom. The second kappa shape index (κ2) is 3.25. The van der Waals surface area contributed by atoms with Crippen LogP contribution < -0.4 is 0 Å². The number of imidazole rings is 1. The van der Waals surface area contributed by atoms with Crippen molar-refractivity contribution in [1.29, 1.82) is 0 Å². The van der Waals surface area contributed by atoms with Gasteiger partial charge < -0.3 is 4.57 Å². The lowest BCUT2D eigenvalue weighted by Gasteiger charge is -1.97. The molecule has 0 aliphatic carbocycles. The van der Waals surface area contributed by atoms with E-state index < -0.39 is 0 Å². The predicted molar refractivity (Wildman–Crippen MR) is 55.5 cm³/mol. The number of aromatic nitrogens is 2. The number of carbonyl (C=O) groups is 1.